The summed E-state index contributed by atoms with van der Waals surface area (Å²) in [5.41, 5.74) is 1.89. The molecule has 0 atom stereocenters. The van der Waals surface area contributed by atoms with E-state index in [1.807, 2.05) is 31.2 Å². The lowest BCUT2D eigenvalue weighted by Gasteiger charge is -2.10. The van der Waals surface area contributed by atoms with Gasteiger partial charge in [-0.05, 0) is 37.6 Å². The van der Waals surface area contributed by atoms with Crippen molar-refractivity contribution in [1.82, 2.24) is 9.55 Å². The van der Waals surface area contributed by atoms with Crippen LogP contribution in [0.5, 0.6) is 0 Å². The summed E-state index contributed by atoms with van der Waals surface area (Å²) >= 11 is 0. The average molecular weight is 389 g/mol. The van der Waals surface area contributed by atoms with Crippen LogP contribution in [0.4, 0.5) is 11.4 Å². The van der Waals surface area contributed by atoms with Gasteiger partial charge in [0, 0.05) is 19.2 Å². The Hall–Kier alpha value is -2.98. The molecule has 0 amide bonds. The van der Waals surface area contributed by atoms with E-state index >= 15 is 0 Å². The smallest absolute Gasteiger partial charge is 0.293 e. The molecule has 3 aromatic rings. The third-order valence-electron chi connectivity index (χ3n) is 4.21. The average Bonchev–Trinajstić information content (AvgIpc) is 2.93. The minimum atomic E-state index is -4.00. The van der Waals surface area contributed by atoms with Crippen LogP contribution in [0, 0.1) is 17.0 Å². The van der Waals surface area contributed by atoms with E-state index in [4.69, 9.17) is 5.14 Å². The van der Waals surface area contributed by atoms with Gasteiger partial charge in [0.15, 0.2) is 0 Å². The highest BCUT2D eigenvalue weighted by Gasteiger charge is 2.18. The lowest BCUT2D eigenvalue weighted by molar-refractivity contribution is -0.384. The molecular formula is C17H19N5O4S. The number of hydrogen-bond acceptors (Lipinski definition) is 6. The van der Waals surface area contributed by atoms with Gasteiger partial charge in [0.1, 0.15) is 11.5 Å². The van der Waals surface area contributed by atoms with E-state index in [0.29, 0.717) is 19.5 Å². The van der Waals surface area contributed by atoms with Crippen LogP contribution in [0.1, 0.15) is 12.2 Å². The number of primary sulfonamides is 1. The molecule has 10 heteroatoms. The number of fused-ring (bicyclic) bond motifs is 1. The molecule has 9 nitrogen and oxygen atoms in total. The fourth-order valence-electron chi connectivity index (χ4n) is 2.93. The highest BCUT2D eigenvalue weighted by atomic mass is 32.2. The van der Waals surface area contributed by atoms with Crippen molar-refractivity contribution in [3.05, 3.63) is 58.4 Å². The Bertz CT molecular complexity index is 1110. The molecule has 2 aromatic carbocycles. The highest BCUT2D eigenvalue weighted by Crippen LogP contribution is 2.27. The summed E-state index contributed by atoms with van der Waals surface area (Å²) in [4.78, 5) is 14.8. The lowest BCUT2D eigenvalue weighted by Crippen LogP contribution is -2.13. The van der Waals surface area contributed by atoms with Crippen molar-refractivity contribution < 1.29 is 13.3 Å². The van der Waals surface area contributed by atoms with Crippen molar-refractivity contribution in [3.8, 4) is 0 Å². The molecule has 3 N–H and O–H groups in total. The van der Waals surface area contributed by atoms with Crippen molar-refractivity contribution in [2.75, 3.05) is 11.9 Å². The van der Waals surface area contributed by atoms with E-state index in [9.17, 15) is 18.5 Å². The van der Waals surface area contributed by atoms with Crippen molar-refractivity contribution in [2.45, 2.75) is 24.8 Å². The minimum Gasteiger partial charge on any atom is -0.379 e. The number of sulfonamides is 1. The van der Waals surface area contributed by atoms with Crippen molar-refractivity contribution >= 4 is 32.4 Å². The molecule has 0 saturated heterocycles. The lowest BCUT2D eigenvalue weighted by atomic mass is 10.2. The summed E-state index contributed by atoms with van der Waals surface area (Å²) in [7, 11) is -4.00. The Morgan fingerprint density at radius 3 is 2.70 bits per heavy atom. The van der Waals surface area contributed by atoms with Crippen LogP contribution in [0.2, 0.25) is 0 Å². The molecule has 3 rings (SSSR count). The van der Waals surface area contributed by atoms with Crippen molar-refractivity contribution in [2.24, 2.45) is 5.14 Å². The molecule has 0 aliphatic rings. The first-order valence-corrected chi connectivity index (χ1v) is 9.79. The number of nitro benzene ring substituents is 1. The molecule has 0 fully saturated rings. The van der Waals surface area contributed by atoms with E-state index in [1.165, 1.54) is 12.1 Å². The number of nitrogens with one attached hydrogen (secondary N) is 1. The largest absolute Gasteiger partial charge is 0.379 e. The molecule has 0 unspecified atom stereocenters. The van der Waals surface area contributed by atoms with Gasteiger partial charge in [0.05, 0.1) is 20.9 Å². The number of rotatable bonds is 7. The van der Waals surface area contributed by atoms with Crippen molar-refractivity contribution in [3.63, 3.8) is 0 Å². The topological polar surface area (TPSA) is 133 Å². The number of nitrogens with zero attached hydrogens (tertiary/aromatic N) is 3. The Labute approximate surface area is 156 Å². The van der Waals surface area contributed by atoms with Crippen molar-refractivity contribution in [1.29, 1.82) is 0 Å². The Morgan fingerprint density at radius 2 is 2.00 bits per heavy atom. The van der Waals surface area contributed by atoms with E-state index in [1.54, 1.807) is 0 Å². The van der Waals surface area contributed by atoms with Gasteiger partial charge in [-0.3, -0.25) is 10.1 Å². The van der Waals surface area contributed by atoms with Crippen LogP contribution in [-0.4, -0.2) is 29.4 Å². The molecule has 0 aliphatic heterocycles. The van der Waals surface area contributed by atoms with Gasteiger partial charge in [0.2, 0.25) is 10.0 Å². The molecule has 27 heavy (non-hydrogen) atoms. The van der Waals surface area contributed by atoms with E-state index in [0.717, 1.165) is 22.9 Å². The Morgan fingerprint density at radius 1 is 1.26 bits per heavy atom. The fourth-order valence-corrected chi connectivity index (χ4v) is 3.46. The standard InChI is InChI=1S/C17H19N5O4S/c1-12-20-15-5-2-3-6-16(15)21(12)10-4-9-19-14-8-7-13(27(18,25)26)11-17(14)22(23)24/h2-3,5-8,11,19H,4,9-10H2,1H3,(H2,18,25,26). The van der Waals surface area contributed by atoms with E-state index in [2.05, 4.69) is 14.9 Å². The van der Waals surface area contributed by atoms with Crippen LogP contribution in [-0.2, 0) is 16.6 Å². The number of para-hydroxylation sites is 2. The summed E-state index contributed by atoms with van der Waals surface area (Å²) in [6, 6.07) is 11.4. The van der Waals surface area contributed by atoms with Crippen LogP contribution in [0.3, 0.4) is 0 Å². The van der Waals surface area contributed by atoms with E-state index in [-0.39, 0.29) is 16.3 Å². The van der Waals surface area contributed by atoms with Gasteiger partial charge < -0.3 is 9.88 Å². The highest BCUT2D eigenvalue weighted by molar-refractivity contribution is 7.89. The zero-order chi connectivity index (χ0) is 19.6. The molecule has 0 radical (unpaired) electrons. The monoisotopic (exact) mass is 389 g/mol. The number of hydrogen-bond donors (Lipinski definition) is 2. The van der Waals surface area contributed by atoms with Gasteiger partial charge >= 0.3 is 0 Å². The minimum absolute atomic E-state index is 0.250. The first-order valence-electron chi connectivity index (χ1n) is 8.24. The van der Waals surface area contributed by atoms with Crippen LogP contribution < -0.4 is 10.5 Å². The molecule has 1 heterocycles. The van der Waals surface area contributed by atoms with Crippen LogP contribution in [0.15, 0.2) is 47.4 Å². The van der Waals surface area contributed by atoms with Gasteiger partial charge in [0.25, 0.3) is 5.69 Å². The summed E-state index contributed by atoms with van der Waals surface area (Å²) in [5.74, 6) is 0.902. The number of aromatic nitrogens is 2. The van der Waals surface area contributed by atoms with Gasteiger partial charge in [-0.2, -0.15) is 0 Å². The summed E-state index contributed by atoms with van der Waals surface area (Å²) in [5, 5.41) is 19.3. The molecule has 0 saturated carbocycles. The maximum atomic E-state index is 11.4. The van der Waals surface area contributed by atoms with Gasteiger partial charge in [-0.15, -0.1) is 0 Å². The zero-order valence-electron chi connectivity index (χ0n) is 14.6. The predicted octanol–water partition coefficient (Wildman–Crippen LogP) is 2.40. The molecule has 0 spiro atoms. The second-order valence-electron chi connectivity index (χ2n) is 6.06. The van der Waals surface area contributed by atoms with Gasteiger partial charge in [-0.1, -0.05) is 12.1 Å². The third kappa shape index (κ3) is 4.07. The molecular weight excluding hydrogens is 370 g/mol. The molecule has 142 valence electrons. The fraction of sp³-hybridized carbons (Fsp3) is 0.235. The third-order valence-corrected chi connectivity index (χ3v) is 5.12. The number of benzene rings is 2. The summed E-state index contributed by atoms with van der Waals surface area (Å²) in [6.07, 6.45) is 0.704. The number of nitrogens with two attached hydrogens (primary N) is 1. The second kappa shape index (κ2) is 7.33. The molecule has 0 aliphatic carbocycles. The Balaban J connectivity index is 1.70. The maximum Gasteiger partial charge on any atom is 0.293 e. The zero-order valence-corrected chi connectivity index (χ0v) is 15.4. The number of imidazole rings is 1. The van der Waals surface area contributed by atoms with Crippen LogP contribution in [0.25, 0.3) is 11.0 Å². The quantitative estimate of drug-likeness (QED) is 0.362. The number of aryl methyl sites for hydroxylation is 2. The first-order chi connectivity index (χ1) is 12.8. The molecule has 0 bridgehead atoms. The van der Waals surface area contributed by atoms with Crippen LogP contribution >= 0.6 is 0 Å². The maximum absolute atomic E-state index is 11.4. The predicted molar refractivity (Wildman–Crippen MR) is 102 cm³/mol. The number of nitro groups is 1. The second-order valence-corrected chi connectivity index (χ2v) is 7.62. The van der Waals surface area contributed by atoms with Gasteiger partial charge in [-0.25, -0.2) is 18.5 Å². The normalized spacial score (nSPS) is 11.6. The molecule has 1 aromatic heterocycles. The first kappa shape index (κ1) is 18.8. The summed E-state index contributed by atoms with van der Waals surface area (Å²) in [6.45, 7) is 3.11. The van der Waals surface area contributed by atoms with E-state index < -0.39 is 14.9 Å². The summed E-state index contributed by atoms with van der Waals surface area (Å²) < 4.78 is 24.8. The Kier molecular flexibility index (Phi) is 5.10. The number of anilines is 1. The SMILES string of the molecule is Cc1nc2ccccc2n1CCCNc1ccc(S(N)(=O)=O)cc1[N+](=O)[O-].